The fourth-order valence-electron chi connectivity index (χ4n) is 2.68. The summed E-state index contributed by atoms with van der Waals surface area (Å²) in [6, 6.07) is 16.6. The summed E-state index contributed by atoms with van der Waals surface area (Å²) in [5, 5.41) is 3.44. The zero-order valence-corrected chi connectivity index (χ0v) is 13.0. The summed E-state index contributed by atoms with van der Waals surface area (Å²) in [7, 11) is 0. The average molecular weight is 297 g/mol. The zero-order valence-electron chi connectivity index (χ0n) is 13.0. The van der Waals surface area contributed by atoms with Crippen LogP contribution in [0.4, 0.5) is 17.1 Å². The lowest BCUT2D eigenvalue weighted by Crippen LogP contribution is -2.41. The van der Waals surface area contributed by atoms with Crippen LogP contribution < -0.4 is 16.0 Å². The molecule has 0 radical (unpaired) electrons. The van der Waals surface area contributed by atoms with Crippen LogP contribution in [0.15, 0.2) is 48.5 Å². The van der Waals surface area contributed by atoms with Crippen molar-refractivity contribution >= 4 is 17.1 Å². The standard InChI is InChI=1S/C18H23N3O/c1-14-13-21(10-11-22-14)18-8-6-17(7-9-18)20-12-15-2-4-16(19)5-3-15/h2-9,14,20H,10-13,19H2,1H3/t14-/m1/s1. The number of anilines is 3. The van der Waals surface area contributed by atoms with E-state index in [9.17, 15) is 0 Å². The summed E-state index contributed by atoms with van der Waals surface area (Å²) >= 11 is 0. The molecule has 2 aromatic rings. The lowest BCUT2D eigenvalue weighted by Gasteiger charge is -2.33. The van der Waals surface area contributed by atoms with Crippen molar-refractivity contribution in [3.05, 3.63) is 54.1 Å². The predicted molar refractivity (Wildman–Crippen MR) is 92.3 cm³/mol. The molecule has 1 saturated heterocycles. The van der Waals surface area contributed by atoms with Crippen molar-refractivity contribution in [2.45, 2.75) is 19.6 Å². The Balaban J connectivity index is 1.58. The number of morpholine rings is 1. The highest BCUT2D eigenvalue weighted by atomic mass is 16.5. The van der Waals surface area contributed by atoms with E-state index in [1.807, 2.05) is 24.3 Å². The highest BCUT2D eigenvalue weighted by Gasteiger charge is 2.16. The molecule has 0 spiro atoms. The Hall–Kier alpha value is -2.20. The Kier molecular flexibility index (Phi) is 4.49. The second kappa shape index (κ2) is 6.71. The van der Waals surface area contributed by atoms with E-state index >= 15 is 0 Å². The molecule has 0 saturated carbocycles. The topological polar surface area (TPSA) is 50.5 Å². The maximum Gasteiger partial charge on any atom is 0.0722 e. The number of hydrogen-bond donors (Lipinski definition) is 2. The molecule has 4 heteroatoms. The van der Waals surface area contributed by atoms with Crippen molar-refractivity contribution in [2.75, 3.05) is 35.6 Å². The van der Waals surface area contributed by atoms with E-state index < -0.39 is 0 Å². The SMILES string of the molecule is C[C@@H]1CN(c2ccc(NCc3ccc(N)cc3)cc2)CCO1. The van der Waals surface area contributed by atoms with Gasteiger partial charge in [0.1, 0.15) is 0 Å². The smallest absolute Gasteiger partial charge is 0.0722 e. The molecule has 0 aliphatic carbocycles. The minimum atomic E-state index is 0.303. The molecule has 3 rings (SSSR count). The molecule has 22 heavy (non-hydrogen) atoms. The van der Waals surface area contributed by atoms with Gasteiger partial charge in [-0.1, -0.05) is 12.1 Å². The minimum absolute atomic E-state index is 0.303. The Morgan fingerprint density at radius 3 is 2.55 bits per heavy atom. The maximum atomic E-state index is 5.70. The monoisotopic (exact) mass is 297 g/mol. The molecule has 1 atom stereocenters. The molecule has 1 aliphatic heterocycles. The van der Waals surface area contributed by atoms with Gasteiger partial charge in [-0.05, 0) is 48.9 Å². The quantitative estimate of drug-likeness (QED) is 0.851. The fraction of sp³-hybridized carbons (Fsp3) is 0.333. The van der Waals surface area contributed by atoms with E-state index in [0.717, 1.165) is 37.6 Å². The van der Waals surface area contributed by atoms with Crippen LogP contribution in [0.5, 0.6) is 0 Å². The first-order valence-electron chi connectivity index (χ1n) is 7.75. The van der Waals surface area contributed by atoms with E-state index in [0.29, 0.717) is 6.10 Å². The maximum absolute atomic E-state index is 5.70. The van der Waals surface area contributed by atoms with Gasteiger partial charge in [0.05, 0.1) is 12.7 Å². The van der Waals surface area contributed by atoms with Gasteiger partial charge in [-0.25, -0.2) is 0 Å². The van der Waals surface area contributed by atoms with Crippen LogP contribution in [0.1, 0.15) is 12.5 Å². The van der Waals surface area contributed by atoms with Gasteiger partial charge < -0.3 is 20.7 Å². The third-order valence-corrected chi connectivity index (χ3v) is 3.95. The van der Waals surface area contributed by atoms with Gasteiger partial charge in [0.2, 0.25) is 0 Å². The van der Waals surface area contributed by atoms with Crippen LogP contribution in [0.3, 0.4) is 0 Å². The van der Waals surface area contributed by atoms with Gasteiger partial charge >= 0.3 is 0 Å². The molecular formula is C18H23N3O. The first kappa shape index (κ1) is 14.7. The molecule has 0 bridgehead atoms. The van der Waals surface area contributed by atoms with Crippen LogP contribution in [-0.2, 0) is 11.3 Å². The second-order valence-electron chi connectivity index (χ2n) is 5.77. The zero-order chi connectivity index (χ0) is 15.4. The molecule has 0 amide bonds. The van der Waals surface area contributed by atoms with Crippen molar-refractivity contribution in [3.8, 4) is 0 Å². The average Bonchev–Trinajstić information content (AvgIpc) is 2.55. The number of nitrogens with one attached hydrogen (secondary N) is 1. The van der Waals surface area contributed by atoms with Crippen molar-refractivity contribution in [3.63, 3.8) is 0 Å². The Labute approximate surface area is 131 Å². The van der Waals surface area contributed by atoms with E-state index in [-0.39, 0.29) is 0 Å². The molecule has 0 unspecified atom stereocenters. The minimum Gasteiger partial charge on any atom is -0.399 e. The highest BCUT2D eigenvalue weighted by Crippen LogP contribution is 2.21. The largest absolute Gasteiger partial charge is 0.399 e. The summed E-state index contributed by atoms with van der Waals surface area (Å²) in [4.78, 5) is 2.37. The van der Waals surface area contributed by atoms with Gasteiger partial charge in [0, 0.05) is 36.7 Å². The first-order chi connectivity index (χ1) is 10.7. The van der Waals surface area contributed by atoms with Gasteiger partial charge in [-0.3, -0.25) is 0 Å². The molecular weight excluding hydrogens is 274 g/mol. The normalized spacial score (nSPS) is 18.2. The summed E-state index contributed by atoms with van der Waals surface area (Å²) in [6.45, 7) is 5.64. The first-order valence-corrected chi connectivity index (χ1v) is 7.75. The number of ether oxygens (including phenoxy) is 1. The summed E-state index contributed by atoms with van der Waals surface area (Å²) in [5.74, 6) is 0. The molecule has 1 fully saturated rings. The van der Waals surface area contributed by atoms with Gasteiger partial charge in [0.25, 0.3) is 0 Å². The number of benzene rings is 2. The Morgan fingerprint density at radius 2 is 1.86 bits per heavy atom. The summed E-state index contributed by atoms with van der Waals surface area (Å²) < 4.78 is 5.59. The van der Waals surface area contributed by atoms with Crippen LogP contribution in [-0.4, -0.2) is 25.8 Å². The predicted octanol–water partition coefficient (Wildman–Crippen LogP) is 3.11. The number of hydrogen-bond acceptors (Lipinski definition) is 4. The van der Waals surface area contributed by atoms with Crippen molar-refractivity contribution in [1.82, 2.24) is 0 Å². The van der Waals surface area contributed by atoms with Gasteiger partial charge in [0.15, 0.2) is 0 Å². The van der Waals surface area contributed by atoms with E-state index in [1.54, 1.807) is 0 Å². The Bertz CT molecular complexity index is 595. The lowest BCUT2D eigenvalue weighted by atomic mass is 10.2. The second-order valence-corrected chi connectivity index (χ2v) is 5.77. The van der Waals surface area contributed by atoms with Crippen molar-refractivity contribution in [1.29, 1.82) is 0 Å². The Morgan fingerprint density at radius 1 is 1.14 bits per heavy atom. The molecule has 1 heterocycles. The van der Waals surface area contributed by atoms with Crippen molar-refractivity contribution < 1.29 is 4.74 Å². The summed E-state index contributed by atoms with van der Waals surface area (Å²) in [6.07, 6.45) is 0.303. The lowest BCUT2D eigenvalue weighted by molar-refractivity contribution is 0.0532. The summed E-state index contributed by atoms with van der Waals surface area (Å²) in [5.41, 5.74) is 10.1. The third-order valence-electron chi connectivity index (χ3n) is 3.95. The van der Waals surface area contributed by atoms with E-state index in [1.165, 1.54) is 11.3 Å². The number of nitrogens with two attached hydrogens (primary N) is 1. The molecule has 3 N–H and O–H groups in total. The molecule has 116 valence electrons. The number of nitrogens with zero attached hydrogens (tertiary/aromatic N) is 1. The fourth-order valence-corrected chi connectivity index (χ4v) is 2.68. The highest BCUT2D eigenvalue weighted by molar-refractivity contribution is 5.55. The molecule has 2 aromatic carbocycles. The molecule has 1 aliphatic rings. The van der Waals surface area contributed by atoms with E-state index in [4.69, 9.17) is 10.5 Å². The van der Waals surface area contributed by atoms with Crippen LogP contribution in [0, 0.1) is 0 Å². The van der Waals surface area contributed by atoms with Crippen LogP contribution in [0.25, 0.3) is 0 Å². The number of rotatable bonds is 4. The third kappa shape index (κ3) is 3.71. The van der Waals surface area contributed by atoms with Crippen molar-refractivity contribution in [2.24, 2.45) is 0 Å². The van der Waals surface area contributed by atoms with E-state index in [2.05, 4.69) is 41.4 Å². The van der Waals surface area contributed by atoms with Gasteiger partial charge in [-0.2, -0.15) is 0 Å². The van der Waals surface area contributed by atoms with Gasteiger partial charge in [-0.15, -0.1) is 0 Å². The molecule has 4 nitrogen and oxygen atoms in total. The number of nitrogen functional groups attached to an aromatic ring is 1. The van der Waals surface area contributed by atoms with Crippen LogP contribution >= 0.6 is 0 Å². The molecule has 0 aromatic heterocycles. The van der Waals surface area contributed by atoms with Crippen LogP contribution in [0.2, 0.25) is 0 Å².